The van der Waals surface area contributed by atoms with Gasteiger partial charge < -0.3 is 10.2 Å². The number of phenols is 1. The Hall–Kier alpha value is -1.28. The van der Waals surface area contributed by atoms with Crippen molar-refractivity contribution in [3.05, 3.63) is 42.0 Å². The maximum atomic E-state index is 10.8. The molecule has 0 saturated heterocycles. The Morgan fingerprint density at radius 2 is 1.77 bits per heavy atom. The third-order valence-corrected chi connectivity index (χ3v) is 9.32. The molecule has 0 amide bonds. The second-order valence-electron chi connectivity index (χ2n) is 11.1. The summed E-state index contributed by atoms with van der Waals surface area (Å²) in [6.45, 7) is 6.19. The molecule has 172 valence electrons. The third kappa shape index (κ3) is 4.75. The summed E-state index contributed by atoms with van der Waals surface area (Å²) in [6, 6.07) is 6.14. The van der Waals surface area contributed by atoms with Crippen LogP contribution in [0.5, 0.6) is 5.75 Å². The van der Waals surface area contributed by atoms with Gasteiger partial charge in [-0.15, -0.1) is 6.58 Å². The zero-order valence-electron chi connectivity index (χ0n) is 19.7. The molecule has 1 aromatic carbocycles. The molecule has 0 heterocycles. The molecule has 31 heavy (non-hydrogen) atoms. The molecule has 0 bridgehead atoms. The van der Waals surface area contributed by atoms with Crippen LogP contribution in [-0.2, 0) is 6.42 Å². The fraction of sp³-hybridized carbons (Fsp3) is 0.724. The SMILES string of the molecule is C=CCCCCCCCCC[C@@H]1Cc2cc(O)ccc2[C@H]2CC[C@]3(C)[C@@H](O)CC[C@H]3[C@H]12. The minimum absolute atomic E-state index is 0.110. The number of aliphatic hydroxyl groups excluding tert-OH is 1. The van der Waals surface area contributed by atoms with E-state index in [2.05, 4.69) is 19.6 Å². The van der Waals surface area contributed by atoms with Gasteiger partial charge in [0.1, 0.15) is 5.75 Å². The lowest BCUT2D eigenvalue weighted by Gasteiger charge is -2.53. The van der Waals surface area contributed by atoms with Crippen LogP contribution < -0.4 is 0 Å². The summed E-state index contributed by atoms with van der Waals surface area (Å²) in [4.78, 5) is 0. The van der Waals surface area contributed by atoms with Crippen molar-refractivity contribution < 1.29 is 10.2 Å². The quantitative estimate of drug-likeness (QED) is 0.301. The first-order valence-corrected chi connectivity index (χ1v) is 13.2. The average molecular weight is 425 g/mol. The lowest BCUT2D eigenvalue weighted by atomic mass is 9.52. The number of hydrogen-bond acceptors (Lipinski definition) is 2. The molecule has 1 aromatic rings. The molecule has 3 aliphatic carbocycles. The number of hydrogen-bond donors (Lipinski definition) is 2. The predicted molar refractivity (Wildman–Crippen MR) is 129 cm³/mol. The monoisotopic (exact) mass is 424 g/mol. The van der Waals surface area contributed by atoms with Gasteiger partial charge in [0.05, 0.1) is 6.10 Å². The Kier molecular flexibility index (Phi) is 7.47. The number of aliphatic hydroxyl groups is 1. The molecule has 2 saturated carbocycles. The van der Waals surface area contributed by atoms with Crippen LogP contribution in [0.15, 0.2) is 30.9 Å². The largest absolute Gasteiger partial charge is 0.508 e. The number of benzene rings is 1. The third-order valence-electron chi connectivity index (χ3n) is 9.32. The van der Waals surface area contributed by atoms with Crippen LogP contribution in [0.1, 0.15) is 107 Å². The molecule has 0 aliphatic heterocycles. The van der Waals surface area contributed by atoms with Crippen LogP contribution in [0.2, 0.25) is 0 Å². The van der Waals surface area contributed by atoms with E-state index in [1.54, 1.807) is 0 Å². The number of fused-ring (bicyclic) bond motifs is 5. The van der Waals surface area contributed by atoms with Crippen molar-refractivity contribution in [2.75, 3.05) is 0 Å². The molecule has 2 fully saturated rings. The van der Waals surface area contributed by atoms with Crippen LogP contribution in [0, 0.1) is 23.2 Å². The highest BCUT2D eigenvalue weighted by Crippen LogP contribution is 2.62. The topological polar surface area (TPSA) is 40.5 Å². The van der Waals surface area contributed by atoms with Crippen molar-refractivity contribution >= 4 is 0 Å². The summed E-state index contributed by atoms with van der Waals surface area (Å²) in [5.41, 5.74) is 3.02. The highest BCUT2D eigenvalue weighted by atomic mass is 16.3. The van der Waals surface area contributed by atoms with Gasteiger partial charge in [0, 0.05) is 0 Å². The van der Waals surface area contributed by atoms with Gasteiger partial charge in [0.15, 0.2) is 0 Å². The van der Waals surface area contributed by atoms with Crippen molar-refractivity contribution in [3.63, 3.8) is 0 Å². The van der Waals surface area contributed by atoms with Crippen LogP contribution in [-0.4, -0.2) is 16.3 Å². The molecule has 4 rings (SSSR count). The minimum atomic E-state index is -0.110. The van der Waals surface area contributed by atoms with Crippen molar-refractivity contribution in [3.8, 4) is 5.75 Å². The molecule has 0 unspecified atom stereocenters. The predicted octanol–water partition coefficient (Wildman–Crippen LogP) is 7.53. The molecule has 6 atom stereocenters. The highest BCUT2D eigenvalue weighted by molar-refractivity contribution is 5.40. The molecule has 3 aliphatic rings. The second kappa shape index (κ2) is 10.1. The molecular formula is C29H44O2. The van der Waals surface area contributed by atoms with E-state index in [1.807, 2.05) is 18.2 Å². The standard InChI is InChI=1S/C29H44O2/c1-3-4-5-6-7-8-9-10-11-12-21-19-22-20-23(30)13-14-24(22)25-17-18-29(2)26(28(21)25)15-16-27(29)31/h3,13-14,20-21,25-28,30-31H,1,4-12,15-19H2,2H3/t21-,25-,26+,27+,28-,29+/m1/s1. The summed E-state index contributed by atoms with van der Waals surface area (Å²) >= 11 is 0. The summed E-state index contributed by atoms with van der Waals surface area (Å²) in [5, 5.41) is 20.9. The van der Waals surface area contributed by atoms with E-state index in [0.717, 1.165) is 25.7 Å². The van der Waals surface area contributed by atoms with Crippen LogP contribution in [0.25, 0.3) is 0 Å². The molecular weight excluding hydrogens is 380 g/mol. The summed E-state index contributed by atoms with van der Waals surface area (Å²) in [6.07, 6.45) is 19.5. The average Bonchev–Trinajstić information content (AvgIpc) is 3.06. The molecule has 2 N–H and O–H groups in total. The summed E-state index contributed by atoms with van der Waals surface area (Å²) in [5.74, 6) is 3.14. The zero-order valence-corrected chi connectivity index (χ0v) is 19.7. The number of phenolic OH excluding ortho intramolecular Hbond substituents is 1. The lowest BCUT2D eigenvalue weighted by molar-refractivity contribution is -0.0396. The minimum Gasteiger partial charge on any atom is -0.508 e. The van der Waals surface area contributed by atoms with Gasteiger partial charge in [-0.25, -0.2) is 0 Å². The van der Waals surface area contributed by atoms with Gasteiger partial charge in [0.2, 0.25) is 0 Å². The van der Waals surface area contributed by atoms with Gasteiger partial charge in [-0.3, -0.25) is 0 Å². The van der Waals surface area contributed by atoms with E-state index < -0.39 is 0 Å². The fourth-order valence-corrected chi connectivity index (χ4v) is 7.61. The van der Waals surface area contributed by atoms with Crippen molar-refractivity contribution in [1.82, 2.24) is 0 Å². The number of rotatable bonds is 10. The first-order chi connectivity index (χ1) is 15.0. The molecule has 0 spiro atoms. The second-order valence-corrected chi connectivity index (χ2v) is 11.1. The van der Waals surface area contributed by atoms with Crippen molar-refractivity contribution in [2.45, 2.75) is 109 Å². The fourth-order valence-electron chi connectivity index (χ4n) is 7.61. The van der Waals surface area contributed by atoms with E-state index in [0.29, 0.717) is 29.4 Å². The molecule has 0 aromatic heterocycles. The van der Waals surface area contributed by atoms with Crippen molar-refractivity contribution in [1.29, 1.82) is 0 Å². The zero-order chi connectivity index (χ0) is 21.8. The normalized spacial score (nSPS) is 34.1. The van der Waals surface area contributed by atoms with E-state index in [9.17, 15) is 10.2 Å². The Morgan fingerprint density at radius 1 is 1.03 bits per heavy atom. The van der Waals surface area contributed by atoms with Crippen LogP contribution in [0.3, 0.4) is 0 Å². The molecule has 2 nitrogen and oxygen atoms in total. The van der Waals surface area contributed by atoms with E-state index in [1.165, 1.54) is 75.3 Å². The van der Waals surface area contributed by atoms with Crippen LogP contribution >= 0.6 is 0 Å². The highest BCUT2D eigenvalue weighted by Gasteiger charge is 2.56. The van der Waals surface area contributed by atoms with E-state index in [-0.39, 0.29) is 11.5 Å². The molecule has 0 radical (unpaired) electrons. The maximum absolute atomic E-state index is 10.8. The number of aromatic hydroxyl groups is 1. The first kappa shape index (κ1) is 22.9. The van der Waals surface area contributed by atoms with Crippen molar-refractivity contribution in [2.24, 2.45) is 23.2 Å². The Morgan fingerprint density at radius 3 is 2.55 bits per heavy atom. The van der Waals surface area contributed by atoms with Crippen LogP contribution in [0.4, 0.5) is 0 Å². The Bertz CT molecular complexity index is 740. The lowest BCUT2D eigenvalue weighted by Crippen LogP contribution is -2.47. The smallest absolute Gasteiger partial charge is 0.115 e. The summed E-state index contributed by atoms with van der Waals surface area (Å²) < 4.78 is 0. The molecule has 2 heteroatoms. The number of allylic oxidation sites excluding steroid dienone is 1. The number of unbranched alkanes of at least 4 members (excludes halogenated alkanes) is 7. The maximum Gasteiger partial charge on any atom is 0.115 e. The van der Waals surface area contributed by atoms with Gasteiger partial charge in [0.25, 0.3) is 0 Å². The van der Waals surface area contributed by atoms with Gasteiger partial charge in [-0.2, -0.15) is 0 Å². The van der Waals surface area contributed by atoms with E-state index in [4.69, 9.17) is 0 Å². The van der Waals surface area contributed by atoms with Gasteiger partial charge in [-0.05, 0) is 104 Å². The summed E-state index contributed by atoms with van der Waals surface area (Å²) in [7, 11) is 0. The Labute approximate surface area is 190 Å². The van der Waals surface area contributed by atoms with Gasteiger partial charge >= 0.3 is 0 Å². The first-order valence-electron chi connectivity index (χ1n) is 13.2. The van der Waals surface area contributed by atoms with E-state index >= 15 is 0 Å². The van der Waals surface area contributed by atoms with Gasteiger partial charge in [-0.1, -0.05) is 57.6 Å². The Balaban J connectivity index is 1.39.